The fourth-order valence-corrected chi connectivity index (χ4v) is 5.11. The standard InChI is InChI=1S/C24H22ClF3O7S/c1-36(32,33)19-10-7-15(21(25)16(19)12-34-13-24(26,27)28)22(30)20-17(29)8-9-18(23(20)31)35-11-14-5-3-2-4-6-14/h2-7,10,18,20H,8-9,11-13H2,1H3. The number of alkyl halides is 3. The average Bonchev–Trinajstić information content (AvgIpc) is 2.78. The van der Waals surface area contributed by atoms with Crippen molar-refractivity contribution in [3.05, 3.63) is 64.2 Å². The minimum Gasteiger partial charge on any atom is -0.367 e. The van der Waals surface area contributed by atoms with Gasteiger partial charge in [0.1, 0.15) is 18.6 Å². The summed E-state index contributed by atoms with van der Waals surface area (Å²) >= 11 is 6.26. The van der Waals surface area contributed by atoms with Crippen molar-refractivity contribution in [2.24, 2.45) is 5.92 Å². The molecule has 2 aromatic carbocycles. The monoisotopic (exact) mass is 546 g/mol. The highest BCUT2D eigenvalue weighted by Gasteiger charge is 2.43. The van der Waals surface area contributed by atoms with Gasteiger partial charge in [-0.05, 0) is 24.1 Å². The predicted octanol–water partition coefficient (Wildman–Crippen LogP) is 4.14. The van der Waals surface area contributed by atoms with Crippen molar-refractivity contribution in [2.45, 2.75) is 43.2 Å². The van der Waals surface area contributed by atoms with Crippen LogP contribution in [0.15, 0.2) is 47.4 Å². The van der Waals surface area contributed by atoms with E-state index in [4.69, 9.17) is 16.3 Å². The van der Waals surface area contributed by atoms with Crippen LogP contribution in [0.25, 0.3) is 0 Å². The van der Waals surface area contributed by atoms with Crippen molar-refractivity contribution in [3.8, 4) is 0 Å². The molecule has 3 rings (SSSR count). The Labute approximate surface area is 210 Å². The van der Waals surface area contributed by atoms with E-state index in [1.807, 2.05) is 6.07 Å². The van der Waals surface area contributed by atoms with Crippen molar-refractivity contribution in [1.29, 1.82) is 0 Å². The Bertz CT molecular complexity index is 1260. The van der Waals surface area contributed by atoms with Crippen LogP contribution >= 0.6 is 11.6 Å². The number of ketones is 3. The number of rotatable bonds is 9. The van der Waals surface area contributed by atoms with E-state index in [2.05, 4.69) is 4.74 Å². The molecule has 0 aliphatic heterocycles. The maximum atomic E-state index is 13.3. The molecule has 2 aromatic rings. The molecule has 0 heterocycles. The third kappa shape index (κ3) is 6.78. The first-order chi connectivity index (χ1) is 16.8. The predicted molar refractivity (Wildman–Crippen MR) is 122 cm³/mol. The van der Waals surface area contributed by atoms with Gasteiger partial charge in [-0.25, -0.2) is 8.42 Å². The number of hydrogen-bond acceptors (Lipinski definition) is 7. The van der Waals surface area contributed by atoms with E-state index in [1.54, 1.807) is 24.3 Å². The summed E-state index contributed by atoms with van der Waals surface area (Å²) in [5, 5.41) is -0.502. The lowest BCUT2D eigenvalue weighted by atomic mass is 9.80. The van der Waals surface area contributed by atoms with E-state index < -0.39 is 68.5 Å². The van der Waals surface area contributed by atoms with Gasteiger partial charge in [0.2, 0.25) is 0 Å². The van der Waals surface area contributed by atoms with Crippen LogP contribution in [-0.2, 0) is 42.1 Å². The van der Waals surface area contributed by atoms with Crippen LogP contribution in [0.1, 0.15) is 34.3 Å². The first-order valence-corrected chi connectivity index (χ1v) is 13.0. The lowest BCUT2D eigenvalue weighted by Crippen LogP contribution is -2.44. The molecule has 0 spiro atoms. The Morgan fingerprint density at radius 1 is 1.08 bits per heavy atom. The smallest absolute Gasteiger partial charge is 0.367 e. The van der Waals surface area contributed by atoms with Gasteiger partial charge in [-0.2, -0.15) is 13.2 Å². The molecule has 2 unspecified atom stereocenters. The normalized spacial score (nSPS) is 18.9. The number of Topliss-reactive ketones (excluding diaryl/α,β-unsaturated/α-hetero) is 3. The van der Waals surface area contributed by atoms with Gasteiger partial charge in [-0.15, -0.1) is 0 Å². The number of benzene rings is 2. The van der Waals surface area contributed by atoms with Gasteiger partial charge in [0, 0.05) is 23.8 Å². The molecular formula is C24H22ClF3O7S. The molecule has 1 saturated carbocycles. The summed E-state index contributed by atoms with van der Waals surface area (Å²) in [4.78, 5) is 38.4. The second kappa shape index (κ2) is 11.2. The van der Waals surface area contributed by atoms with Crippen molar-refractivity contribution in [3.63, 3.8) is 0 Å². The zero-order chi connectivity index (χ0) is 26.7. The second-order valence-electron chi connectivity index (χ2n) is 8.27. The van der Waals surface area contributed by atoms with E-state index in [1.165, 1.54) is 0 Å². The first-order valence-electron chi connectivity index (χ1n) is 10.7. The molecule has 1 aliphatic rings. The minimum atomic E-state index is -4.68. The van der Waals surface area contributed by atoms with Crippen LogP contribution < -0.4 is 0 Å². The third-order valence-corrected chi connectivity index (χ3v) is 7.12. The summed E-state index contributed by atoms with van der Waals surface area (Å²) < 4.78 is 72.1. The topological polar surface area (TPSA) is 104 Å². The number of halogens is 4. The fraction of sp³-hybridized carbons (Fsp3) is 0.375. The van der Waals surface area contributed by atoms with E-state index in [0.29, 0.717) is 0 Å². The molecule has 7 nitrogen and oxygen atoms in total. The van der Waals surface area contributed by atoms with Crippen LogP contribution in [0.3, 0.4) is 0 Å². The fourth-order valence-electron chi connectivity index (χ4n) is 3.82. The molecule has 0 amide bonds. The van der Waals surface area contributed by atoms with Gasteiger partial charge in [0.25, 0.3) is 0 Å². The molecule has 0 N–H and O–H groups in total. The molecule has 1 aliphatic carbocycles. The highest BCUT2D eigenvalue weighted by molar-refractivity contribution is 7.90. The first kappa shape index (κ1) is 28.0. The molecule has 194 valence electrons. The molecule has 1 fully saturated rings. The molecule has 2 atom stereocenters. The van der Waals surface area contributed by atoms with E-state index in [-0.39, 0.29) is 30.6 Å². The summed E-state index contributed by atoms with van der Waals surface area (Å²) in [6.45, 7) is -2.46. The summed E-state index contributed by atoms with van der Waals surface area (Å²) in [6, 6.07) is 11.0. The Morgan fingerprint density at radius 3 is 2.36 bits per heavy atom. The highest BCUT2D eigenvalue weighted by Crippen LogP contribution is 2.33. The third-order valence-electron chi connectivity index (χ3n) is 5.51. The summed E-state index contributed by atoms with van der Waals surface area (Å²) in [5.74, 6) is -4.13. The molecule has 0 aromatic heterocycles. The van der Waals surface area contributed by atoms with Crippen LogP contribution in [0.2, 0.25) is 5.02 Å². The molecule has 36 heavy (non-hydrogen) atoms. The van der Waals surface area contributed by atoms with Crippen LogP contribution in [0.5, 0.6) is 0 Å². The van der Waals surface area contributed by atoms with Crippen molar-refractivity contribution >= 4 is 38.8 Å². The van der Waals surface area contributed by atoms with E-state index >= 15 is 0 Å². The van der Waals surface area contributed by atoms with E-state index in [0.717, 1.165) is 24.0 Å². The summed E-state index contributed by atoms with van der Waals surface area (Å²) in [7, 11) is -3.96. The quantitative estimate of drug-likeness (QED) is 0.344. The maximum Gasteiger partial charge on any atom is 0.411 e. The zero-order valence-electron chi connectivity index (χ0n) is 19.0. The molecular weight excluding hydrogens is 525 g/mol. The number of ether oxygens (including phenoxy) is 2. The highest BCUT2D eigenvalue weighted by atomic mass is 35.5. The van der Waals surface area contributed by atoms with Gasteiger partial charge in [-0.1, -0.05) is 41.9 Å². The Morgan fingerprint density at radius 2 is 1.75 bits per heavy atom. The Balaban J connectivity index is 1.88. The van der Waals surface area contributed by atoms with Gasteiger partial charge < -0.3 is 9.47 Å². The van der Waals surface area contributed by atoms with Gasteiger partial charge in [0.15, 0.2) is 27.2 Å². The molecule has 0 radical (unpaired) electrons. The van der Waals surface area contributed by atoms with Gasteiger partial charge >= 0.3 is 6.18 Å². The number of carbonyl (C=O) groups is 3. The van der Waals surface area contributed by atoms with Gasteiger partial charge in [0.05, 0.1) is 23.1 Å². The lowest BCUT2D eigenvalue weighted by Gasteiger charge is -2.26. The maximum absolute atomic E-state index is 13.3. The van der Waals surface area contributed by atoms with Crippen LogP contribution in [0.4, 0.5) is 13.2 Å². The summed E-state index contributed by atoms with van der Waals surface area (Å²) in [5.41, 5.74) is 0.0416. The summed E-state index contributed by atoms with van der Waals surface area (Å²) in [6.07, 6.45) is -4.91. The van der Waals surface area contributed by atoms with Crippen LogP contribution in [0, 0.1) is 5.92 Å². The van der Waals surface area contributed by atoms with Crippen molar-refractivity contribution in [1.82, 2.24) is 0 Å². The largest absolute Gasteiger partial charge is 0.411 e. The van der Waals surface area contributed by atoms with E-state index in [9.17, 15) is 36.0 Å². The number of carbonyl (C=O) groups excluding carboxylic acids is 3. The number of sulfone groups is 1. The van der Waals surface area contributed by atoms with Crippen molar-refractivity contribution < 1.29 is 45.4 Å². The van der Waals surface area contributed by atoms with Gasteiger partial charge in [-0.3, -0.25) is 14.4 Å². The molecule has 0 bridgehead atoms. The average molecular weight is 547 g/mol. The second-order valence-corrected chi connectivity index (χ2v) is 10.6. The Hall–Kier alpha value is -2.60. The minimum absolute atomic E-state index is 0.0802. The SMILES string of the molecule is CS(=O)(=O)c1ccc(C(=O)C2C(=O)CCC(OCc3ccccc3)C2=O)c(Cl)c1COCC(F)(F)F. The van der Waals surface area contributed by atoms with Crippen LogP contribution in [-0.4, -0.2) is 50.9 Å². The lowest BCUT2D eigenvalue weighted by molar-refractivity contribution is -0.176. The molecule has 12 heteroatoms. The van der Waals surface area contributed by atoms with Crippen molar-refractivity contribution in [2.75, 3.05) is 12.9 Å². The molecule has 0 saturated heterocycles. The number of hydrogen-bond donors (Lipinski definition) is 0. The zero-order valence-corrected chi connectivity index (χ0v) is 20.6. The Kier molecular flexibility index (Phi) is 8.71.